The first-order chi connectivity index (χ1) is 11.2. The van der Waals surface area contributed by atoms with Crippen LogP contribution in [-0.4, -0.2) is 35.8 Å². The number of amides is 1. The zero-order valence-corrected chi connectivity index (χ0v) is 12.8. The van der Waals surface area contributed by atoms with Crippen molar-refractivity contribution in [2.75, 3.05) is 19.7 Å². The zero-order valence-electron chi connectivity index (χ0n) is 12.8. The Hall–Kier alpha value is -2.49. The molecule has 1 N–H and O–H groups in total. The fraction of sp³-hybridized carbons (Fsp3) is 0.316. The Morgan fingerprint density at radius 2 is 1.91 bits per heavy atom. The quantitative estimate of drug-likeness (QED) is 0.871. The second kappa shape index (κ2) is 5.61. The Morgan fingerprint density at radius 3 is 2.70 bits per heavy atom. The first kappa shape index (κ1) is 14.1. The predicted octanol–water partition coefficient (Wildman–Crippen LogP) is 3.83. The highest BCUT2D eigenvalue weighted by molar-refractivity contribution is 5.68. The first-order valence-electron chi connectivity index (χ1n) is 8.02. The average molecular weight is 309 g/mol. The van der Waals surface area contributed by atoms with Crippen LogP contribution in [0, 0.1) is 5.92 Å². The lowest BCUT2D eigenvalue weighted by molar-refractivity contribution is 0.152. The monoisotopic (exact) mass is 309 g/mol. The molecule has 4 rings (SSSR count). The molecule has 2 atom stereocenters. The van der Waals surface area contributed by atoms with Crippen LogP contribution in [0.4, 0.5) is 4.79 Å². The average Bonchev–Trinajstić information content (AvgIpc) is 2.93. The molecule has 2 aliphatic heterocycles. The molecule has 0 aliphatic carbocycles. The van der Waals surface area contributed by atoms with Gasteiger partial charge in [-0.25, -0.2) is 4.79 Å². The van der Waals surface area contributed by atoms with E-state index in [1.165, 1.54) is 5.56 Å². The van der Waals surface area contributed by atoms with Gasteiger partial charge in [0.2, 0.25) is 0 Å². The zero-order chi connectivity index (χ0) is 15.8. The minimum absolute atomic E-state index is 0.229. The van der Waals surface area contributed by atoms with Crippen molar-refractivity contribution in [3.05, 3.63) is 54.1 Å². The van der Waals surface area contributed by atoms with Gasteiger partial charge in [0.25, 0.3) is 0 Å². The van der Waals surface area contributed by atoms with Gasteiger partial charge in [0, 0.05) is 19.0 Å². The van der Waals surface area contributed by atoms with Crippen LogP contribution in [0.15, 0.2) is 48.5 Å². The van der Waals surface area contributed by atoms with E-state index in [0.717, 1.165) is 23.3 Å². The summed E-state index contributed by atoms with van der Waals surface area (Å²) in [5.41, 5.74) is 3.48. The molecule has 0 aromatic heterocycles. The molecule has 0 saturated carbocycles. The second-order valence-corrected chi connectivity index (χ2v) is 6.31. The van der Waals surface area contributed by atoms with E-state index in [4.69, 9.17) is 4.74 Å². The first-order valence-corrected chi connectivity index (χ1v) is 8.02. The Kier molecular flexibility index (Phi) is 3.45. The Morgan fingerprint density at radius 1 is 1.09 bits per heavy atom. The Balaban J connectivity index is 1.74. The van der Waals surface area contributed by atoms with Crippen LogP contribution < -0.4 is 4.74 Å². The van der Waals surface area contributed by atoms with E-state index in [9.17, 15) is 9.90 Å². The highest BCUT2D eigenvalue weighted by Gasteiger charge is 2.38. The number of rotatable bonds is 1. The maximum atomic E-state index is 11.3. The predicted molar refractivity (Wildman–Crippen MR) is 87.8 cm³/mol. The molecule has 1 fully saturated rings. The van der Waals surface area contributed by atoms with Crippen molar-refractivity contribution in [2.24, 2.45) is 5.92 Å². The number of carbonyl (C=O) groups is 1. The number of likely N-dealkylation sites (tertiary alicyclic amines) is 1. The van der Waals surface area contributed by atoms with Crippen LogP contribution >= 0.6 is 0 Å². The minimum Gasteiger partial charge on any atom is -0.493 e. The molecule has 2 aromatic rings. The molecule has 0 radical (unpaired) electrons. The maximum absolute atomic E-state index is 11.3. The molecule has 23 heavy (non-hydrogen) atoms. The topological polar surface area (TPSA) is 49.8 Å². The van der Waals surface area contributed by atoms with Crippen molar-refractivity contribution in [1.82, 2.24) is 4.90 Å². The van der Waals surface area contributed by atoms with Crippen molar-refractivity contribution in [2.45, 2.75) is 12.3 Å². The summed E-state index contributed by atoms with van der Waals surface area (Å²) < 4.78 is 5.91. The summed E-state index contributed by atoms with van der Waals surface area (Å²) in [6, 6.07) is 16.5. The molecule has 4 nitrogen and oxygen atoms in total. The third-order valence-corrected chi connectivity index (χ3v) is 4.97. The van der Waals surface area contributed by atoms with Crippen LogP contribution in [0.3, 0.4) is 0 Å². The summed E-state index contributed by atoms with van der Waals surface area (Å²) in [6.45, 7) is 1.83. The van der Waals surface area contributed by atoms with Crippen molar-refractivity contribution < 1.29 is 14.6 Å². The standard InChI is InChI=1S/C19H19NO3/c21-19(22)20-11-15-8-9-23-18-7-6-14(10-16(18)17(15)12-20)13-4-2-1-3-5-13/h1-7,10,15,17H,8-9,11-12H2,(H,21,22)/t15?,17-/m0/s1. The largest absolute Gasteiger partial charge is 0.493 e. The lowest BCUT2D eigenvalue weighted by atomic mass is 9.86. The van der Waals surface area contributed by atoms with Crippen LogP contribution in [0.1, 0.15) is 17.9 Å². The highest BCUT2D eigenvalue weighted by Crippen LogP contribution is 2.42. The number of hydrogen-bond donors (Lipinski definition) is 1. The second-order valence-electron chi connectivity index (χ2n) is 6.31. The van der Waals surface area contributed by atoms with Crippen molar-refractivity contribution in [3.8, 4) is 16.9 Å². The van der Waals surface area contributed by atoms with Gasteiger partial charge in [-0.3, -0.25) is 0 Å². The Bertz CT molecular complexity index is 729. The summed E-state index contributed by atoms with van der Waals surface area (Å²) in [4.78, 5) is 12.9. The number of hydrogen-bond acceptors (Lipinski definition) is 2. The molecule has 1 amide bonds. The van der Waals surface area contributed by atoms with E-state index in [2.05, 4.69) is 24.3 Å². The van der Waals surface area contributed by atoms with Crippen LogP contribution in [0.2, 0.25) is 0 Å². The van der Waals surface area contributed by atoms with Crippen LogP contribution in [-0.2, 0) is 0 Å². The van der Waals surface area contributed by atoms with Gasteiger partial charge in [0.1, 0.15) is 5.75 Å². The molecule has 118 valence electrons. The Labute approximate surface area is 135 Å². The normalized spacial score (nSPS) is 22.7. The fourth-order valence-corrected chi connectivity index (χ4v) is 3.77. The molecule has 2 aromatic carbocycles. The van der Waals surface area contributed by atoms with E-state index >= 15 is 0 Å². The summed E-state index contributed by atoms with van der Waals surface area (Å²) in [6.07, 6.45) is 0.0869. The van der Waals surface area contributed by atoms with Crippen LogP contribution in [0.5, 0.6) is 5.75 Å². The summed E-state index contributed by atoms with van der Waals surface area (Å²) in [7, 11) is 0. The van der Waals surface area contributed by atoms with Gasteiger partial charge in [-0.05, 0) is 41.2 Å². The van der Waals surface area contributed by atoms with E-state index in [-0.39, 0.29) is 5.92 Å². The number of ether oxygens (including phenoxy) is 1. The van der Waals surface area contributed by atoms with E-state index < -0.39 is 6.09 Å². The molecule has 2 aliphatic rings. The summed E-state index contributed by atoms with van der Waals surface area (Å²) in [5, 5.41) is 9.31. The van der Waals surface area contributed by atoms with Gasteiger partial charge < -0.3 is 14.7 Å². The van der Waals surface area contributed by atoms with Gasteiger partial charge in [-0.1, -0.05) is 36.4 Å². The molecule has 2 heterocycles. The maximum Gasteiger partial charge on any atom is 0.407 e. The van der Waals surface area contributed by atoms with Gasteiger partial charge >= 0.3 is 6.09 Å². The van der Waals surface area contributed by atoms with Crippen molar-refractivity contribution in [3.63, 3.8) is 0 Å². The fourth-order valence-electron chi connectivity index (χ4n) is 3.77. The van der Waals surface area contributed by atoms with Gasteiger partial charge in [0.05, 0.1) is 6.61 Å². The summed E-state index contributed by atoms with van der Waals surface area (Å²) >= 11 is 0. The lowest BCUT2D eigenvalue weighted by Gasteiger charge is -2.17. The van der Waals surface area contributed by atoms with Crippen LogP contribution in [0.25, 0.3) is 11.1 Å². The SMILES string of the molecule is O=C(O)N1CC2CCOc3ccc(-c4ccccc4)cc3[C@H]2C1. The smallest absolute Gasteiger partial charge is 0.407 e. The molecule has 4 heteroatoms. The number of benzene rings is 2. The van der Waals surface area contributed by atoms with Gasteiger partial charge in [-0.2, -0.15) is 0 Å². The van der Waals surface area contributed by atoms with E-state index in [1.54, 1.807) is 4.90 Å². The summed E-state index contributed by atoms with van der Waals surface area (Å²) in [5.74, 6) is 1.48. The molecular weight excluding hydrogens is 290 g/mol. The molecule has 0 bridgehead atoms. The minimum atomic E-state index is -0.820. The third kappa shape index (κ3) is 2.54. The number of fused-ring (bicyclic) bond motifs is 3. The third-order valence-electron chi connectivity index (χ3n) is 4.97. The van der Waals surface area contributed by atoms with Crippen molar-refractivity contribution >= 4 is 6.09 Å². The van der Waals surface area contributed by atoms with E-state index in [1.807, 2.05) is 24.3 Å². The lowest BCUT2D eigenvalue weighted by Crippen LogP contribution is -2.27. The molecule has 0 spiro atoms. The molecular formula is C19H19NO3. The van der Waals surface area contributed by atoms with Gasteiger partial charge in [-0.15, -0.1) is 0 Å². The number of carboxylic acid groups (broad SMARTS) is 1. The van der Waals surface area contributed by atoms with Crippen molar-refractivity contribution in [1.29, 1.82) is 0 Å². The van der Waals surface area contributed by atoms with E-state index in [0.29, 0.717) is 25.6 Å². The highest BCUT2D eigenvalue weighted by atomic mass is 16.5. The van der Waals surface area contributed by atoms with Gasteiger partial charge in [0.15, 0.2) is 0 Å². The number of nitrogens with zero attached hydrogens (tertiary/aromatic N) is 1. The molecule has 1 unspecified atom stereocenters. The molecule has 1 saturated heterocycles.